The highest BCUT2D eigenvalue weighted by atomic mass is 79.9. The molecule has 0 amide bonds. The summed E-state index contributed by atoms with van der Waals surface area (Å²) in [5.41, 5.74) is 0. The molecule has 0 spiro atoms. The van der Waals surface area contributed by atoms with Crippen LogP contribution in [-0.4, -0.2) is 36.1 Å². The highest BCUT2D eigenvalue weighted by Crippen LogP contribution is 2.22. The Kier molecular flexibility index (Phi) is 4.60. The van der Waals surface area contributed by atoms with Gasteiger partial charge in [0.2, 0.25) is 0 Å². The van der Waals surface area contributed by atoms with E-state index in [1.165, 1.54) is 32.4 Å². The lowest BCUT2D eigenvalue weighted by atomic mass is 10.1. The fourth-order valence-corrected chi connectivity index (χ4v) is 2.31. The second-order valence-electron chi connectivity index (χ2n) is 4.06. The molecule has 2 rings (SSSR count). The molecule has 16 heavy (non-hydrogen) atoms. The minimum absolute atomic E-state index is 0.753. The van der Waals surface area contributed by atoms with Gasteiger partial charge in [-0.05, 0) is 47.9 Å². The predicted molar refractivity (Wildman–Crippen MR) is 67.7 cm³/mol. The summed E-state index contributed by atoms with van der Waals surface area (Å²) in [5, 5.41) is 0. The monoisotopic (exact) mass is 284 g/mol. The van der Waals surface area contributed by atoms with E-state index in [2.05, 4.69) is 25.8 Å². The van der Waals surface area contributed by atoms with Crippen molar-refractivity contribution < 1.29 is 4.74 Å². The number of halogens is 1. The van der Waals surface area contributed by atoms with Crippen LogP contribution in [0.25, 0.3) is 0 Å². The first-order valence-corrected chi connectivity index (χ1v) is 6.60. The van der Waals surface area contributed by atoms with Crippen molar-refractivity contribution in [2.24, 2.45) is 0 Å². The SMILES string of the molecule is Brc1cnccc1OCCN1CCCCC1. The van der Waals surface area contributed by atoms with Gasteiger partial charge in [-0.3, -0.25) is 9.88 Å². The minimum atomic E-state index is 0.753. The van der Waals surface area contributed by atoms with Crippen molar-refractivity contribution in [2.75, 3.05) is 26.2 Å². The molecule has 0 aromatic carbocycles. The van der Waals surface area contributed by atoms with Crippen LogP contribution in [0.1, 0.15) is 19.3 Å². The van der Waals surface area contributed by atoms with E-state index in [-0.39, 0.29) is 0 Å². The molecule has 0 atom stereocenters. The number of nitrogens with zero attached hydrogens (tertiary/aromatic N) is 2. The Morgan fingerprint density at radius 2 is 2.12 bits per heavy atom. The van der Waals surface area contributed by atoms with Crippen LogP contribution in [0, 0.1) is 0 Å². The highest BCUT2D eigenvalue weighted by molar-refractivity contribution is 9.10. The second kappa shape index (κ2) is 6.21. The van der Waals surface area contributed by atoms with Gasteiger partial charge in [-0.15, -0.1) is 0 Å². The Labute approximate surface area is 105 Å². The Morgan fingerprint density at radius 3 is 2.88 bits per heavy atom. The van der Waals surface area contributed by atoms with Crippen LogP contribution >= 0.6 is 15.9 Å². The topological polar surface area (TPSA) is 25.4 Å². The highest BCUT2D eigenvalue weighted by Gasteiger charge is 2.09. The summed E-state index contributed by atoms with van der Waals surface area (Å²) in [5.74, 6) is 0.881. The Balaban J connectivity index is 1.73. The molecule has 3 nitrogen and oxygen atoms in total. The number of aromatic nitrogens is 1. The van der Waals surface area contributed by atoms with Crippen LogP contribution in [0.5, 0.6) is 5.75 Å². The van der Waals surface area contributed by atoms with Crippen molar-refractivity contribution in [1.29, 1.82) is 0 Å². The molecule has 1 aliphatic heterocycles. The quantitative estimate of drug-likeness (QED) is 0.850. The van der Waals surface area contributed by atoms with E-state index in [0.717, 1.165) is 23.4 Å². The molecule has 0 aliphatic carbocycles. The summed E-state index contributed by atoms with van der Waals surface area (Å²) in [6.45, 7) is 4.22. The van der Waals surface area contributed by atoms with Crippen LogP contribution in [0.15, 0.2) is 22.9 Å². The lowest BCUT2D eigenvalue weighted by molar-refractivity contribution is 0.183. The smallest absolute Gasteiger partial charge is 0.136 e. The number of pyridine rings is 1. The third kappa shape index (κ3) is 3.46. The van der Waals surface area contributed by atoms with Gasteiger partial charge in [-0.1, -0.05) is 6.42 Å². The molecule has 0 N–H and O–H groups in total. The third-order valence-corrected chi connectivity index (χ3v) is 3.44. The summed E-state index contributed by atoms with van der Waals surface area (Å²) in [4.78, 5) is 6.48. The Morgan fingerprint density at radius 1 is 1.31 bits per heavy atom. The van der Waals surface area contributed by atoms with E-state index in [0.29, 0.717) is 0 Å². The molecule has 0 unspecified atom stereocenters. The van der Waals surface area contributed by atoms with Gasteiger partial charge in [0.15, 0.2) is 0 Å². The first-order chi connectivity index (χ1) is 7.86. The van der Waals surface area contributed by atoms with Crippen LogP contribution in [0.3, 0.4) is 0 Å². The number of piperidine rings is 1. The number of ether oxygens (including phenoxy) is 1. The fourth-order valence-electron chi connectivity index (χ4n) is 1.95. The van der Waals surface area contributed by atoms with Gasteiger partial charge in [0.1, 0.15) is 12.4 Å². The molecule has 1 fully saturated rings. The van der Waals surface area contributed by atoms with Gasteiger partial charge in [0.25, 0.3) is 0 Å². The van der Waals surface area contributed by atoms with Crippen molar-refractivity contribution in [3.63, 3.8) is 0 Å². The van der Waals surface area contributed by atoms with E-state index in [1.807, 2.05) is 6.07 Å². The lowest BCUT2D eigenvalue weighted by Crippen LogP contribution is -2.33. The number of rotatable bonds is 4. The van der Waals surface area contributed by atoms with Crippen LogP contribution in [-0.2, 0) is 0 Å². The van der Waals surface area contributed by atoms with Gasteiger partial charge in [0.05, 0.1) is 4.47 Å². The number of hydrogen-bond donors (Lipinski definition) is 0. The molecule has 4 heteroatoms. The molecule has 88 valence electrons. The predicted octanol–water partition coefficient (Wildman–Crippen LogP) is 2.71. The van der Waals surface area contributed by atoms with Crippen LogP contribution in [0.2, 0.25) is 0 Å². The molecule has 1 saturated heterocycles. The van der Waals surface area contributed by atoms with E-state index in [4.69, 9.17) is 4.74 Å². The maximum atomic E-state index is 5.71. The minimum Gasteiger partial charge on any atom is -0.491 e. The van der Waals surface area contributed by atoms with E-state index in [9.17, 15) is 0 Å². The zero-order chi connectivity index (χ0) is 11.2. The molecule has 1 aromatic heterocycles. The normalized spacial score (nSPS) is 17.3. The van der Waals surface area contributed by atoms with E-state index < -0.39 is 0 Å². The van der Waals surface area contributed by atoms with Crippen molar-refractivity contribution in [1.82, 2.24) is 9.88 Å². The standard InChI is InChI=1S/C12H17BrN2O/c13-11-10-14-5-4-12(11)16-9-8-15-6-2-1-3-7-15/h4-5,10H,1-3,6-9H2. The van der Waals surface area contributed by atoms with Crippen LogP contribution in [0.4, 0.5) is 0 Å². The number of likely N-dealkylation sites (tertiary alicyclic amines) is 1. The molecule has 2 heterocycles. The fraction of sp³-hybridized carbons (Fsp3) is 0.583. The molecular weight excluding hydrogens is 268 g/mol. The Hall–Kier alpha value is -0.610. The lowest BCUT2D eigenvalue weighted by Gasteiger charge is -2.26. The Bertz CT molecular complexity index is 327. The summed E-state index contributed by atoms with van der Waals surface area (Å²) in [7, 11) is 0. The molecule has 0 bridgehead atoms. The summed E-state index contributed by atoms with van der Waals surface area (Å²) in [6, 6.07) is 1.89. The average molecular weight is 285 g/mol. The zero-order valence-corrected chi connectivity index (χ0v) is 10.9. The van der Waals surface area contributed by atoms with Crippen LogP contribution < -0.4 is 4.74 Å². The molecule has 0 radical (unpaired) electrons. The van der Waals surface area contributed by atoms with Gasteiger partial charge in [-0.2, -0.15) is 0 Å². The summed E-state index contributed by atoms with van der Waals surface area (Å²) >= 11 is 3.42. The summed E-state index contributed by atoms with van der Waals surface area (Å²) < 4.78 is 6.64. The molecule has 1 aliphatic rings. The molecule has 0 saturated carbocycles. The van der Waals surface area contributed by atoms with Crippen molar-refractivity contribution in [2.45, 2.75) is 19.3 Å². The van der Waals surface area contributed by atoms with Gasteiger partial charge in [0, 0.05) is 18.9 Å². The average Bonchev–Trinajstić information content (AvgIpc) is 2.33. The van der Waals surface area contributed by atoms with Crippen molar-refractivity contribution >= 4 is 15.9 Å². The van der Waals surface area contributed by atoms with Gasteiger partial charge >= 0.3 is 0 Å². The first kappa shape index (κ1) is 11.9. The first-order valence-electron chi connectivity index (χ1n) is 5.81. The maximum Gasteiger partial charge on any atom is 0.136 e. The second-order valence-corrected chi connectivity index (χ2v) is 4.91. The van der Waals surface area contributed by atoms with Gasteiger partial charge < -0.3 is 4.74 Å². The van der Waals surface area contributed by atoms with E-state index >= 15 is 0 Å². The molecular formula is C12H17BrN2O. The van der Waals surface area contributed by atoms with Crippen molar-refractivity contribution in [3.8, 4) is 5.75 Å². The largest absolute Gasteiger partial charge is 0.491 e. The van der Waals surface area contributed by atoms with Crippen molar-refractivity contribution in [3.05, 3.63) is 22.9 Å². The molecule has 1 aromatic rings. The zero-order valence-electron chi connectivity index (χ0n) is 9.36. The maximum absolute atomic E-state index is 5.71. The number of hydrogen-bond acceptors (Lipinski definition) is 3. The third-order valence-electron chi connectivity index (χ3n) is 2.85. The van der Waals surface area contributed by atoms with Gasteiger partial charge in [-0.25, -0.2) is 0 Å². The van der Waals surface area contributed by atoms with E-state index in [1.54, 1.807) is 12.4 Å². The summed E-state index contributed by atoms with van der Waals surface area (Å²) in [6.07, 6.45) is 7.56.